The van der Waals surface area contributed by atoms with Crippen molar-refractivity contribution < 1.29 is 9.53 Å². The first kappa shape index (κ1) is 20.9. The second-order valence-corrected chi connectivity index (χ2v) is 9.77. The number of pyridine rings is 1. The predicted molar refractivity (Wildman–Crippen MR) is 125 cm³/mol. The number of nitrogens with zero attached hydrogens (tertiary/aromatic N) is 3. The number of nitrogens with one attached hydrogen (secondary N) is 1. The smallest absolute Gasteiger partial charge is 0.255 e. The van der Waals surface area contributed by atoms with Crippen molar-refractivity contribution in [2.45, 2.75) is 44.1 Å². The Morgan fingerprint density at radius 2 is 1.84 bits per heavy atom. The SMILES string of the molecule is O=C(NCC1(N2CCOCC2)CCCC1)c1ccc(-c2ccsc2)nc1N1CCCC1. The summed E-state index contributed by atoms with van der Waals surface area (Å²) in [5, 5.41) is 7.49. The molecule has 6 nitrogen and oxygen atoms in total. The summed E-state index contributed by atoms with van der Waals surface area (Å²) >= 11 is 1.67. The standard InChI is InChI=1S/C24H32N4O2S/c29-23(25-18-24(8-1-2-9-24)28-12-14-30-15-13-28)20-5-6-21(19-7-16-31-17-19)26-22(20)27-10-3-4-11-27/h5-7,16-17H,1-4,8-15,18H2,(H,25,29). The monoisotopic (exact) mass is 440 g/mol. The molecule has 2 saturated heterocycles. The molecule has 4 heterocycles. The second kappa shape index (κ2) is 9.27. The van der Waals surface area contributed by atoms with Gasteiger partial charge >= 0.3 is 0 Å². The average Bonchev–Trinajstić information content (AvgIpc) is 3.60. The molecule has 2 aromatic rings. The maximum Gasteiger partial charge on any atom is 0.255 e. The lowest BCUT2D eigenvalue weighted by Gasteiger charge is -2.43. The van der Waals surface area contributed by atoms with Gasteiger partial charge in [-0.25, -0.2) is 4.98 Å². The third-order valence-electron chi connectivity index (χ3n) is 7.14. The van der Waals surface area contributed by atoms with Gasteiger partial charge in [0, 0.05) is 49.2 Å². The molecule has 166 valence electrons. The molecule has 5 rings (SSSR count). The Morgan fingerprint density at radius 3 is 2.55 bits per heavy atom. The second-order valence-electron chi connectivity index (χ2n) is 8.99. The zero-order valence-corrected chi connectivity index (χ0v) is 19.0. The number of hydrogen-bond donors (Lipinski definition) is 1. The van der Waals surface area contributed by atoms with Gasteiger partial charge in [0.2, 0.25) is 0 Å². The Labute approximate surface area is 188 Å². The number of morpholine rings is 1. The zero-order chi connectivity index (χ0) is 21.1. The van der Waals surface area contributed by atoms with Gasteiger partial charge in [-0.15, -0.1) is 0 Å². The van der Waals surface area contributed by atoms with Crippen LogP contribution in [0.5, 0.6) is 0 Å². The van der Waals surface area contributed by atoms with Gasteiger partial charge in [0.15, 0.2) is 0 Å². The van der Waals surface area contributed by atoms with Crippen LogP contribution < -0.4 is 10.2 Å². The van der Waals surface area contributed by atoms with Crippen molar-refractivity contribution in [2.75, 3.05) is 50.8 Å². The fourth-order valence-corrected chi connectivity index (χ4v) is 6.03. The Kier molecular flexibility index (Phi) is 6.25. The summed E-state index contributed by atoms with van der Waals surface area (Å²) in [6.45, 7) is 6.16. The highest BCUT2D eigenvalue weighted by atomic mass is 32.1. The first-order valence-corrected chi connectivity index (χ1v) is 12.6. The van der Waals surface area contributed by atoms with Gasteiger partial charge in [-0.1, -0.05) is 12.8 Å². The van der Waals surface area contributed by atoms with Crippen LogP contribution in [0.3, 0.4) is 0 Å². The zero-order valence-electron chi connectivity index (χ0n) is 18.1. The average molecular weight is 441 g/mol. The van der Waals surface area contributed by atoms with Crippen LogP contribution in [0.25, 0.3) is 11.3 Å². The topological polar surface area (TPSA) is 57.7 Å². The fraction of sp³-hybridized carbons (Fsp3) is 0.583. The van der Waals surface area contributed by atoms with E-state index in [0.717, 1.165) is 82.2 Å². The van der Waals surface area contributed by atoms with Crippen LogP contribution in [0.15, 0.2) is 29.0 Å². The van der Waals surface area contributed by atoms with E-state index in [4.69, 9.17) is 9.72 Å². The van der Waals surface area contributed by atoms with E-state index in [1.807, 2.05) is 12.1 Å². The molecule has 7 heteroatoms. The number of hydrogen-bond acceptors (Lipinski definition) is 6. The minimum absolute atomic E-state index is 0.00537. The lowest BCUT2D eigenvalue weighted by Crippen LogP contribution is -2.57. The van der Waals surface area contributed by atoms with Gasteiger partial charge in [0.25, 0.3) is 5.91 Å². The number of ether oxygens (including phenoxy) is 1. The molecule has 0 aromatic carbocycles. The molecule has 2 aliphatic heterocycles. The molecule has 1 N–H and O–H groups in total. The van der Waals surface area contributed by atoms with E-state index in [0.29, 0.717) is 12.1 Å². The van der Waals surface area contributed by atoms with E-state index < -0.39 is 0 Å². The highest BCUT2D eigenvalue weighted by Crippen LogP contribution is 2.35. The summed E-state index contributed by atoms with van der Waals surface area (Å²) in [5.41, 5.74) is 2.85. The van der Waals surface area contributed by atoms with Crippen LogP contribution in [-0.2, 0) is 4.74 Å². The summed E-state index contributed by atoms with van der Waals surface area (Å²) in [6.07, 6.45) is 7.10. The van der Waals surface area contributed by atoms with Crippen molar-refractivity contribution in [1.29, 1.82) is 0 Å². The van der Waals surface area contributed by atoms with Crippen molar-refractivity contribution >= 4 is 23.1 Å². The third-order valence-corrected chi connectivity index (χ3v) is 7.82. The van der Waals surface area contributed by atoms with E-state index in [9.17, 15) is 4.79 Å². The molecule has 2 aromatic heterocycles. The van der Waals surface area contributed by atoms with Crippen molar-refractivity contribution in [3.8, 4) is 11.3 Å². The number of carbonyl (C=O) groups excluding carboxylic acids is 1. The fourth-order valence-electron chi connectivity index (χ4n) is 5.38. The maximum absolute atomic E-state index is 13.4. The van der Waals surface area contributed by atoms with Crippen molar-refractivity contribution in [2.24, 2.45) is 0 Å². The Hall–Kier alpha value is -1.96. The molecule has 3 aliphatic rings. The molecule has 0 spiro atoms. The van der Waals surface area contributed by atoms with Gasteiger partial charge in [-0.05, 0) is 49.3 Å². The van der Waals surface area contributed by atoms with E-state index in [-0.39, 0.29) is 11.4 Å². The quantitative estimate of drug-likeness (QED) is 0.741. The Balaban J connectivity index is 1.36. The Morgan fingerprint density at radius 1 is 1.06 bits per heavy atom. The molecule has 1 aliphatic carbocycles. The lowest BCUT2D eigenvalue weighted by atomic mass is 9.94. The van der Waals surface area contributed by atoms with Crippen molar-refractivity contribution in [3.63, 3.8) is 0 Å². The molecule has 0 unspecified atom stereocenters. The van der Waals surface area contributed by atoms with Crippen LogP contribution in [0, 0.1) is 0 Å². The minimum atomic E-state index is 0.00537. The number of carbonyl (C=O) groups is 1. The van der Waals surface area contributed by atoms with Crippen LogP contribution in [-0.4, -0.2) is 67.3 Å². The van der Waals surface area contributed by atoms with E-state index in [2.05, 4.69) is 31.9 Å². The summed E-state index contributed by atoms with van der Waals surface area (Å²) < 4.78 is 5.57. The van der Waals surface area contributed by atoms with Gasteiger partial charge in [0.1, 0.15) is 5.82 Å². The molecule has 31 heavy (non-hydrogen) atoms. The summed E-state index contributed by atoms with van der Waals surface area (Å²) in [5.74, 6) is 0.844. The van der Waals surface area contributed by atoms with Crippen LogP contribution in [0.1, 0.15) is 48.9 Å². The normalized spacial score (nSPS) is 21.5. The van der Waals surface area contributed by atoms with Crippen LogP contribution >= 0.6 is 11.3 Å². The first-order chi connectivity index (χ1) is 15.3. The lowest BCUT2D eigenvalue weighted by molar-refractivity contribution is -0.0199. The number of anilines is 1. The molecule has 0 bridgehead atoms. The Bertz CT molecular complexity index is 883. The van der Waals surface area contributed by atoms with Crippen LogP contribution in [0.4, 0.5) is 5.82 Å². The molecule has 1 saturated carbocycles. The predicted octanol–water partition coefficient (Wildman–Crippen LogP) is 3.79. The summed E-state index contributed by atoms with van der Waals surface area (Å²) in [4.78, 5) is 23.2. The summed E-state index contributed by atoms with van der Waals surface area (Å²) in [7, 11) is 0. The van der Waals surface area contributed by atoms with Gasteiger partial charge in [0.05, 0.1) is 24.5 Å². The van der Waals surface area contributed by atoms with Gasteiger partial charge < -0.3 is 15.0 Å². The summed E-state index contributed by atoms with van der Waals surface area (Å²) in [6, 6.07) is 6.05. The van der Waals surface area contributed by atoms with E-state index in [1.54, 1.807) is 11.3 Å². The van der Waals surface area contributed by atoms with E-state index >= 15 is 0 Å². The number of rotatable bonds is 6. The largest absolute Gasteiger partial charge is 0.379 e. The number of amides is 1. The molecule has 1 amide bonds. The van der Waals surface area contributed by atoms with Gasteiger partial charge in [-0.3, -0.25) is 9.69 Å². The molecule has 3 fully saturated rings. The van der Waals surface area contributed by atoms with Crippen molar-refractivity contribution in [1.82, 2.24) is 15.2 Å². The highest BCUT2D eigenvalue weighted by molar-refractivity contribution is 7.08. The molecular weight excluding hydrogens is 408 g/mol. The van der Waals surface area contributed by atoms with Gasteiger partial charge in [-0.2, -0.15) is 11.3 Å². The first-order valence-electron chi connectivity index (χ1n) is 11.6. The molecule has 0 atom stereocenters. The minimum Gasteiger partial charge on any atom is -0.379 e. The highest BCUT2D eigenvalue weighted by Gasteiger charge is 2.40. The number of thiophene rings is 1. The molecule has 0 radical (unpaired) electrons. The van der Waals surface area contributed by atoms with Crippen molar-refractivity contribution in [3.05, 3.63) is 34.5 Å². The van der Waals surface area contributed by atoms with E-state index in [1.165, 1.54) is 12.8 Å². The number of aromatic nitrogens is 1. The van der Waals surface area contributed by atoms with Crippen LogP contribution in [0.2, 0.25) is 0 Å². The molecular formula is C24H32N4O2S. The maximum atomic E-state index is 13.4. The third kappa shape index (κ3) is 4.36.